The summed E-state index contributed by atoms with van der Waals surface area (Å²) in [6.45, 7) is 10.3. The molecule has 1 unspecified atom stereocenters. The van der Waals surface area contributed by atoms with Crippen molar-refractivity contribution in [2.75, 3.05) is 26.2 Å². The van der Waals surface area contributed by atoms with Crippen molar-refractivity contribution in [2.24, 2.45) is 5.92 Å². The topological polar surface area (TPSA) is 32.8 Å². The van der Waals surface area contributed by atoms with Gasteiger partial charge in [0.1, 0.15) is 11.9 Å². The van der Waals surface area contributed by atoms with E-state index in [1.807, 2.05) is 17.0 Å². The van der Waals surface area contributed by atoms with Crippen molar-refractivity contribution in [1.29, 1.82) is 0 Å². The van der Waals surface area contributed by atoms with Gasteiger partial charge in [-0.1, -0.05) is 17.7 Å². The fourth-order valence-corrected chi connectivity index (χ4v) is 3.51. The predicted octanol–water partition coefficient (Wildman–Crippen LogP) is 2.71. The lowest BCUT2D eigenvalue weighted by atomic mass is 9.94. The van der Waals surface area contributed by atoms with Gasteiger partial charge in [-0.3, -0.25) is 9.69 Å². The molecule has 2 aliphatic heterocycles. The summed E-state index contributed by atoms with van der Waals surface area (Å²) >= 11 is 0. The van der Waals surface area contributed by atoms with Crippen LogP contribution in [0.1, 0.15) is 32.3 Å². The second kappa shape index (κ2) is 6.91. The first-order valence-corrected chi connectivity index (χ1v) is 8.76. The van der Waals surface area contributed by atoms with E-state index in [9.17, 15) is 4.79 Å². The van der Waals surface area contributed by atoms with Crippen LogP contribution in [0.15, 0.2) is 24.3 Å². The highest BCUT2D eigenvalue weighted by atomic mass is 16.5. The van der Waals surface area contributed by atoms with Gasteiger partial charge in [0.15, 0.2) is 0 Å². The quantitative estimate of drug-likeness (QED) is 0.837. The summed E-state index contributed by atoms with van der Waals surface area (Å²) in [6, 6.07) is 8.59. The van der Waals surface area contributed by atoms with Gasteiger partial charge in [-0.15, -0.1) is 0 Å². The molecule has 2 aliphatic rings. The average Bonchev–Trinajstić information content (AvgIpc) is 2.48. The molecule has 0 aromatic heterocycles. The summed E-state index contributed by atoms with van der Waals surface area (Å²) in [7, 11) is 0. The molecule has 0 N–H and O–H groups in total. The number of amides is 1. The van der Waals surface area contributed by atoms with Crippen molar-refractivity contribution in [3.8, 4) is 5.75 Å². The standard InChI is InChI=1S/C19H28N2O2/c1-14(2)21-11-16(6-9-19(21)22)10-20-12-18(13-20)23-17-7-4-15(3)5-8-17/h4-5,7-8,14,16,18H,6,9-13H2,1-3H3. The first-order chi connectivity index (χ1) is 11.0. The first kappa shape index (κ1) is 16.3. The van der Waals surface area contributed by atoms with E-state index in [0.717, 1.165) is 38.3 Å². The van der Waals surface area contributed by atoms with Crippen LogP contribution in [-0.2, 0) is 4.79 Å². The van der Waals surface area contributed by atoms with Gasteiger partial charge in [0.25, 0.3) is 0 Å². The van der Waals surface area contributed by atoms with Gasteiger partial charge < -0.3 is 9.64 Å². The normalized spacial score (nSPS) is 23.2. The third-order valence-electron chi connectivity index (χ3n) is 4.93. The van der Waals surface area contributed by atoms with Crippen LogP contribution in [-0.4, -0.2) is 54.0 Å². The summed E-state index contributed by atoms with van der Waals surface area (Å²) < 4.78 is 5.99. The van der Waals surface area contributed by atoms with Gasteiger partial charge in [-0.05, 0) is 45.2 Å². The highest BCUT2D eigenvalue weighted by Gasteiger charge is 2.33. The molecule has 2 heterocycles. The summed E-state index contributed by atoms with van der Waals surface area (Å²) in [5.74, 6) is 1.89. The highest BCUT2D eigenvalue weighted by Crippen LogP contribution is 2.24. The number of likely N-dealkylation sites (tertiary alicyclic amines) is 2. The fourth-order valence-electron chi connectivity index (χ4n) is 3.51. The van der Waals surface area contributed by atoms with E-state index in [0.29, 0.717) is 30.4 Å². The number of ether oxygens (including phenoxy) is 1. The van der Waals surface area contributed by atoms with Crippen LogP contribution >= 0.6 is 0 Å². The van der Waals surface area contributed by atoms with Gasteiger partial charge in [-0.25, -0.2) is 0 Å². The second-order valence-electron chi connectivity index (χ2n) is 7.32. The Balaban J connectivity index is 1.42. The van der Waals surface area contributed by atoms with Crippen LogP contribution in [0.2, 0.25) is 0 Å². The Kier molecular flexibility index (Phi) is 4.90. The molecule has 1 amide bonds. The van der Waals surface area contributed by atoms with E-state index in [4.69, 9.17) is 4.74 Å². The van der Waals surface area contributed by atoms with Crippen molar-refractivity contribution in [3.63, 3.8) is 0 Å². The summed E-state index contributed by atoms with van der Waals surface area (Å²) in [6.07, 6.45) is 2.05. The molecular weight excluding hydrogens is 288 g/mol. The number of hydrogen-bond acceptors (Lipinski definition) is 3. The number of hydrogen-bond donors (Lipinski definition) is 0. The maximum Gasteiger partial charge on any atom is 0.222 e. The van der Waals surface area contributed by atoms with E-state index in [1.54, 1.807) is 0 Å². The summed E-state index contributed by atoms with van der Waals surface area (Å²) in [5.41, 5.74) is 1.26. The molecule has 2 fully saturated rings. The van der Waals surface area contributed by atoms with Gasteiger partial charge in [0.2, 0.25) is 5.91 Å². The molecule has 3 rings (SSSR count). The molecule has 2 saturated heterocycles. The van der Waals surface area contributed by atoms with Crippen LogP contribution in [0.4, 0.5) is 0 Å². The number of rotatable bonds is 5. The number of nitrogens with zero attached hydrogens (tertiary/aromatic N) is 2. The average molecular weight is 316 g/mol. The molecule has 0 bridgehead atoms. The molecule has 0 aliphatic carbocycles. The number of carbonyl (C=O) groups excluding carboxylic acids is 1. The van der Waals surface area contributed by atoms with Gasteiger partial charge in [0.05, 0.1) is 0 Å². The third-order valence-corrected chi connectivity index (χ3v) is 4.93. The van der Waals surface area contributed by atoms with Crippen LogP contribution < -0.4 is 4.74 Å². The Hall–Kier alpha value is -1.55. The highest BCUT2D eigenvalue weighted by molar-refractivity contribution is 5.77. The molecular formula is C19H28N2O2. The van der Waals surface area contributed by atoms with E-state index < -0.39 is 0 Å². The van der Waals surface area contributed by atoms with Gasteiger partial charge >= 0.3 is 0 Å². The largest absolute Gasteiger partial charge is 0.488 e. The molecule has 23 heavy (non-hydrogen) atoms. The maximum atomic E-state index is 11.9. The Bertz CT molecular complexity index is 535. The Morgan fingerprint density at radius 1 is 1.17 bits per heavy atom. The van der Waals surface area contributed by atoms with Crippen molar-refractivity contribution in [1.82, 2.24) is 9.80 Å². The zero-order valence-corrected chi connectivity index (χ0v) is 14.5. The van der Waals surface area contributed by atoms with Crippen LogP contribution in [0, 0.1) is 12.8 Å². The van der Waals surface area contributed by atoms with E-state index in [-0.39, 0.29) is 0 Å². The second-order valence-corrected chi connectivity index (χ2v) is 7.32. The molecule has 4 nitrogen and oxygen atoms in total. The first-order valence-electron chi connectivity index (χ1n) is 8.76. The Morgan fingerprint density at radius 2 is 1.87 bits per heavy atom. The minimum atomic E-state index is 0.309. The predicted molar refractivity (Wildman–Crippen MR) is 91.6 cm³/mol. The molecule has 1 aromatic rings. The third kappa shape index (κ3) is 4.05. The van der Waals surface area contributed by atoms with Crippen molar-refractivity contribution in [3.05, 3.63) is 29.8 Å². The van der Waals surface area contributed by atoms with Gasteiger partial charge in [0, 0.05) is 38.6 Å². The zero-order valence-electron chi connectivity index (χ0n) is 14.5. The smallest absolute Gasteiger partial charge is 0.222 e. The maximum absolute atomic E-state index is 11.9. The SMILES string of the molecule is Cc1ccc(OC2CN(CC3CCC(=O)N(C(C)C)C3)C2)cc1. The molecule has 0 spiro atoms. The molecule has 0 saturated carbocycles. The number of benzene rings is 1. The minimum Gasteiger partial charge on any atom is -0.488 e. The lowest BCUT2D eigenvalue weighted by Gasteiger charge is -2.43. The van der Waals surface area contributed by atoms with Crippen molar-refractivity contribution < 1.29 is 9.53 Å². The summed E-state index contributed by atoms with van der Waals surface area (Å²) in [5, 5.41) is 0. The monoisotopic (exact) mass is 316 g/mol. The number of carbonyl (C=O) groups is 1. The zero-order chi connectivity index (χ0) is 16.4. The molecule has 1 aromatic carbocycles. The van der Waals surface area contributed by atoms with Crippen LogP contribution in [0.5, 0.6) is 5.75 Å². The van der Waals surface area contributed by atoms with Crippen LogP contribution in [0.25, 0.3) is 0 Å². The molecule has 4 heteroatoms. The summed E-state index contributed by atoms with van der Waals surface area (Å²) in [4.78, 5) is 16.4. The van der Waals surface area contributed by atoms with Crippen molar-refractivity contribution in [2.45, 2.75) is 45.8 Å². The van der Waals surface area contributed by atoms with Crippen LogP contribution in [0.3, 0.4) is 0 Å². The fraction of sp³-hybridized carbons (Fsp3) is 0.632. The van der Waals surface area contributed by atoms with E-state index in [1.165, 1.54) is 5.56 Å². The molecule has 1 atom stereocenters. The van der Waals surface area contributed by atoms with Gasteiger partial charge in [-0.2, -0.15) is 0 Å². The number of aryl methyl sites for hydroxylation is 1. The van der Waals surface area contributed by atoms with E-state index in [2.05, 4.69) is 37.8 Å². The molecule has 0 radical (unpaired) electrons. The molecule has 126 valence electrons. The lowest BCUT2D eigenvalue weighted by Crippen LogP contribution is -2.56. The number of piperidine rings is 1. The minimum absolute atomic E-state index is 0.309. The van der Waals surface area contributed by atoms with E-state index >= 15 is 0 Å². The lowest BCUT2D eigenvalue weighted by molar-refractivity contribution is -0.137. The Labute approximate surface area is 139 Å². The Morgan fingerprint density at radius 3 is 2.52 bits per heavy atom. The van der Waals surface area contributed by atoms with Crippen molar-refractivity contribution >= 4 is 5.91 Å².